The molecule has 4 N–H and O–H groups in total. The van der Waals surface area contributed by atoms with Gasteiger partial charge in [0.25, 0.3) is 0 Å². The highest BCUT2D eigenvalue weighted by Gasteiger charge is 2.48. The zero-order valence-electron chi connectivity index (χ0n) is 33.5. The van der Waals surface area contributed by atoms with E-state index in [0.29, 0.717) is 13.0 Å². The van der Waals surface area contributed by atoms with Crippen molar-refractivity contribution in [2.75, 3.05) is 26.4 Å². The van der Waals surface area contributed by atoms with Crippen LogP contribution < -0.4 is 0 Å². The van der Waals surface area contributed by atoms with E-state index in [1.807, 2.05) is 0 Å². The second-order valence-electron chi connectivity index (χ2n) is 13.9. The topological polar surface area (TPSA) is 178 Å². The molecule has 0 aliphatic carbocycles. The lowest BCUT2D eigenvalue weighted by atomic mass is 9.99. The molecule has 0 radical (unpaired) electrons. The fourth-order valence-corrected chi connectivity index (χ4v) is 6.32. The van der Waals surface area contributed by atoms with Crippen LogP contribution in [0.2, 0.25) is 0 Å². The summed E-state index contributed by atoms with van der Waals surface area (Å²) in [6.45, 7) is 3.72. The van der Waals surface area contributed by atoms with Crippen molar-refractivity contribution >= 4 is 16.4 Å². The Morgan fingerprint density at radius 3 is 1.80 bits per heavy atom. The Morgan fingerprint density at radius 1 is 0.709 bits per heavy atom. The molecule has 6 unspecified atom stereocenters. The van der Waals surface area contributed by atoms with E-state index in [1.54, 1.807) is 0 Å². The predicted octanol–water partition coefficient (Wildman–Crippen LogP) is 7.79. The normalized spacial score (nSPS) is 21.6. The van der Waals surface area contributed by atoms with Gasteiger partial charge in [0.2, 0.25) is 0 Å². The summed E-state index contributed by atoms with van der Waals surface area (Å²) in [4.78, 5) is 12.7. The van der Waals surface area contributed by atoms with Gasteiger partial charge in [0.15, 0.2) is 6.29 Å². The number of hydrogen-bond donors (Lipinski definition) is 4. The average Bonchev–Trinajstić information content (AvgIpc) is 3.15. The Hall–Kier alpha value is -2.20. The number of ether oxygens (including phenoxy) is 4. The maximum atomic E-state index is 12.7. The fourth-order valence-electron chi connectivity index (χ4n) is 5.81. The Labute approximate surface area is 331 Å². The van der Waals surface area contributed by atoms with Crippen molar-refractivity contribution < 1.29 is 56.2 Å². The minimum atomic E-state index is -5.06. The summed E-state index contributed by atoms with van der Waals surface area (Å²) in [5.74, 6) is -0.420. The molecule has 1 aliphatic heterocycles. The van der Waals surface area contributed by atoms with Crippen LogP contribution in [0.15, 0.2) is 60.8 Å². The van der Waals surface area contributed by atoms with Gasteiger partial charge in [-0.15, -0.1) is 0 Å². The zero-order valence-corrected chi connectivity index (χ0v) is 34.3. The molecule has 318 valence electrons. The molecular formula is C42H72O12S. The van der Waals surface area contributed by atoms with Crippen LogP contribution in [0.3, 0.4) is 0 Å². The molecule has 55 heavy (non-hydrogen) atoms. The highest BCUT2D eigenvalue weighted by Crippen LogP contribution is 2.26. The molecule has 0 amide bonds. The molecule has 1 rings (SSSR count). The van der Waals surface area contributed by atoms with Gasteiger partial charge in [0.1, 0.15) is 30.5 Å². The van der Waals surface area contributed by atoms with Crippen LogP contribution in [0.25, 0.3) is 0 Å². The molecule has 1 fully saturated rings. The molecular weight excluding hydrogens is 729 g/mol. The van der Waals surface area contributed by atoms with E-state index in [0.717, 1.165) is 70.6 Å². The van der Waals surface area contributed by atoms with Crippen molar-refractivity contribution in [2.24, 2.45) is 0 Å². The summed E-state index contributed by atoms with van der Waals surface area (Å²) in [6, 6.07) is 0. The standard InChI is InChI=1S/C42H72O12S/c1-3-5-7-9-11-13-15-16-17-18-19-20-21-22-24-26-28-30-32-50-34-36(52-38(44)31-29-27-25-23-14-12-10-8-6-4-2)35-51-42-40(46)41(54-55(47,48)49)39(45)37(33-43)53-42/h5,7,11,13,16-17,19-20,22,24,36-37,39-43,45-46H,3-4,6,8-10,12,14-15,18,21,23,25-35H2,1-2H3,(H,47,48,49)/b7-5-,13-11-,17-16-,20-19-,24-22-. The molecule has 0 aromatic heterocycles. The van der Waals surface area contributed by atoms with Gasteiger partial charge in [-0.05, 0) is 57.8 Å². The zero-order chi connectivity index (χ0) is 40.4. The first-order valence-electron chi connectivity index (χ1n) is 20.5. The molecule has 0 saturated carbocycles. The minimum absolute atomic E-state index is 0.00522. The number of hydrogen-bond acceptors (Lipinski definition) is 11. The van der Waals surface area contributed by atoms with Gasteiger partial charge in [0.05, 0.1) is 19.8 Å². The third-order valence-electron chi connectivity index (χ3n) is 8.90. The second-order valence-corrected chi connectivity index (χ2v) is 14.9. The number of aliphatic hydroxyl groups excluding tert-OH is 3. The quantitative estimate of drug-likeness (QED) is 0.0215. The number of unbranched alkanes of at least 4 members (excludes halogenated alkanes) is 11. The fraction of sp³-hybridized carbons (Fsp3) is 0.738. The maximum absolute atomic E-state index is 12.7. The third-order valence-corrected chi connectivity index (χ3v) is 9.37. The van der Waals surface area contributed by atoms with E-state index in [1.165, 1.54) is 38.5 Å². The van der Waals surface area contributed by atoms with Crippen molar-refractivity contribution in [1.29, 1.82) is 0 Å². The molecule has 0 aromatic carbocycles. The summed E-state index contributed by atoms with van der Waals surface area (Å²) in [6.07, 6.45) is 31.3. The van der Waals surface area contributed by atoms with E-state index in [-0.39, 0.29) is 19.6 Å². The lowest BCUT2D eigenvalue weighted by Crippen LogP contribution is -2.60. The lowest BCUT2D eigenvalue weighted by Gasteiger charge is -2.41. The average molecular weight is 801 g/mol. The third kappa shape index (κ3) is 27.9. The van der Waals surface area contributed by atoms with E-state index in [9.17, 15) is 28.5 Å². The number of allylic oxidation sites excluding steroid dienone is 10. The number of aliphatic hydroxyl groups is 3. The Balaban J connectivity index is 2.50. The molecule has 1 heterocycles. The molecule has 0 aromatic rings. The van der Waals surface area contributed by atoms with Gasteiger partial charge in [-0.25, -0.2) is 4.18 Å². The molecule has 1 aliphatic rings. The summed E-state index contributed by atoms with van der Waals surface area (Å²) in [5.41, 5.74) is 0. The van der Waals surface area contributed by atoms with Crippen LogP contribution in [0.5, 0.6) is 0 Å². The van der Waals surface area contributed by atoms with Gasteiger partial charge >= 0.3 is 16.4 Å². The number of carbonyl (C=O) groups excluding carboxylic acids is 1. The minimum Gasteiger partial charge on any atom is -0.457 e. The molecule has 12 nitrogen and oxygen atoms in total. The SMILES string of the molecule is CC/C=C\C/C=C\C/C=C\C/C=C\C/C=C\CCCCOCC(COC1OC(CO)C(O)C(OS(=O)(=O)O)C1O)OC(=O)CCCCCCCCCCCC. The van der Waals surface area contributed by atoms with Crippen LogP contribution in [0.4, 0.5) is 0 Å². The first-order chi connectivity index (χ1) is 26.6. The first-order valence-corrected chi connectivity index (χ1v) is 21.9. The number of rotatable bonds is 34. The molecule has 6 atom stereocenters. The maximum Gasteiger partial charge on any atom is 0.397 e. The highest BCUT2D eigenvalue weighted by molar-refractivity contribution is 7.80. The van der Waals surface area contributed by atoms with E-state index < -0.39 is 59.8 Å². The summed E-state index contributed by atoms with van der Waals surface area (Å²) in [7, 11) is -5.06. The number of carbonyl (C=O) groups is 1. The lowest BCUT2D eigenvalue weighted by molar-refractivity contribution is -0.301. The van der Waals surface area contributed by atoms with Gasteiger partial charge in [-0.1, -0.05) is 132 Å². The summed E-state index contributed by atoms with van der Waals surface area (Å²) < 4.78 is 58.8. The van der Waals surface area contributed by atoms with Gasteiger partial charge < -0.3 is 34.3 Å². The van der Waals surface area contributed by atoms with Crippen LogP contribution in [0.1, 0.15) is 136 Å². The van der Waals surface area contributed by atoms with E-state index in [4.69, 9.17) is 23.5 Å². The van der Waals surface area contributed by atoms with Crippen LogP contribution in [0, 0.1) is 0 Å². The predicted molar refractivity (Wildman–Crippen MR) is 216 cm³/mol. The second kappa shape index (κ2) is 33.9. The van der Waals surface area contributed by atoms with Crippen molar-refractivity contribution in [3.63, 3.8) is 0 Å². The molecule has 13 heteroatoms. The van der Waals surface area contributed by atoms with Gasteiger partial charge in [-0.3, -0.25) is 9.35 Å². The van der Waals surface area contributed by atoms with Crippen LogP contribution in [-0.4, -0.2) is 97.5 Å². The monoisotopic (exact) mass is 800 g/mol. The van der Waals surface area contributed by atoms with Gasteiger partial charge in [0, 0.05) is 13.0 Å². The summed E-state index contributed by atoms with van der Waals surface area (Å²) in [5, 5.41) is 30.5. The van der Waals surface area contributed by atoms with E-state index in [2.05, 4.69) is 78.8 Å². The smallest absolute Gasteiger partial charge is 0.397 e. The van der Waals surface area contributed by atoms with Crippen molar-refractivity contribution in [1.82, 2.24) is 0 Å². The van der Waals surface area contributed by atoms with Crippen molar-refractivity contribution in [3.8, 4) is 0 Å². The van der Waals surface area contributed by atoms with E-state index >= 15 is 0 Å². The molecule has 0 spiro atoms. The Morgan fingerprint density at radius 2 is 1.25 bits per heavy atom. The largest absolute Gasteiger partial charge is 0.457 e. The summed E-state index contributed by atoms with van der Waals surface area (Å²) >= 11 is 0. The van der Waals surface area contributed by atoms with Crippen molar-refractivity contribution in [2.45, 2.75) is 173 Å². The molecule has 0 bridgehead atoms. The van der Waals surface area contributed by atoms with Crippen molar-refractivity contribution in [3.05, 3.63) is 60.8 Å². The van der Waals surface area contributed by atoms with Crippen LogP contribution >= 0.6 is 0 Å². The van der Waals surface area contributed by atoms with Gasteiger partial charge in [-0.2, -0.15) is 8.42 Å². The van der Waals surface area contributed by atoms with Crippen LogP contribution in [-0.2, 0) is 38.3 Å². The number of esters is 1. The highest BCUT2D eigenvalue weighted by atomic mass is 32.3. The molecule has 1 saturated heterocycles. The Bertz CT molecular complexity index is 1200. The Kier molecular flexibility index (Phi) is 31.3. The first kappa shape index (κ1) is 50.8.